The minimum atomic E-state index is -0.753. The molecule has 0 saturated carbocycles. The van der Waals surface area contributed by atoms with Crippen molar-refractivity contribution in [3.8, 4) is 5.75 Å². The van der Waals surface area contributed by atoms with Crippen molar-refractivity contribution in [1.82, 2.24) is 5.32 Å². The van der Waals surface area contributed by atoms with E-state index in [1.165, 1.54) is 19.2 Å². The lowest BCUT2D eigenvalue weighted by atomic mass is 10.1. The topological polar surface area (TPSA) is 81.7 Å². The van der Waals surface area contributed by atoms with Gasteiger partial charge in [-0.1, -0.05) is 41.4 Å². The first-order valence-electron chi connectivity index (χ1n) is 7.47. The van der Waals surface area contributed by atoms with Gasteiger partial charge >= 0.3 is 5.97 Å². The smallest absolute Gasteiger partial charge is 0.310 e. The van der Waals surface area contributed by atoms with Crippen LogP contribution in [0.25, 0.3) is 0 Å². The maximum Gasteiger partial charge on any atom is 0.310 e. The molecule has 2 rings (SSSR count). The quantitative estimate of drug-likeness (QED) is 0.760. The Kier molecular flexibility index (Phi) is 7.00. The number of hydrogen-bond acceptors (Lipinski definition) is 5. The molecule has 0 heterocycles. The Hall–Kier alpha value is -2.57. The van der Waals surface area contributed by atoms with Crippen LogP contribution in [0.2, 0.25) is 10.0 Å². The summed E-state index contributed by atoms with van der Waals surface area (Å²) in [5, 5.41) is 2.90. The zero-order chi connectivity index (χ0) is 19.1. The molecule has 136 valence electrons. The number of hydrogen-bond donors (Lipinski definition) is 1. The van der Waals surface area contributed by atoms with Gasteiger partial charge in [-0.2, -0.15) is 0 Å². The second kappa shape index (κ2) is 9.22. The first-order chi connectivity index (χ1) is 12.4. The van der Waals surface area contributed by atoms with E-state index < -0.39 is 24.4 Å². The molecule has 0 aliphatic heterocycles. The molecule has 0 aliphatic carbocycles. The highest BCUT2D eigenvalue weighted by molar-refractivity contribution is 6.35. The van der Waals surface area contributed by atoms with Gasteiger partial charge in [-0.05, 0) is 29.8 Å². The van der Waals surface area contributed by atoms with E-state index in [0.29, 0.717) is 21.4 Å². The summed E-state index contributed by atoms with van der Waals surface area (Å²) in [7, 11) is 1.41. The predicted molar refractivity (Wildman–Crippen MR) is 96.6 cm³/mol. The fourth-order valence-electron chi connectivity index (χ4n) is 2.08. The molecule has 0 fully saturated rings. The molecule has 0 saturated heterocycles. The van der Waals surface area contributed by atoms with E-state index in [2.05, 4.69) is 5.32 Å². The van der Waals surface area contributed by atoms with Crippen molar-refractivity contribution in [2.45, 2.75) is 6.42 Å². The minimum Gasteiger partial charge on any atom is -0.496 e. The number of rotatable bonds is 6. The van der Waals surface area contributed by atoms with Gasteiger partial charge in [-0.15, -0.1) is 0 Å². The van der Waals surface area contributed by atoms with Crippen LogP contribution in [0.4, 0.5) is 0 Å². The second-order valence-electron chi connectivity index (χ2n) is 5.15. The lowest BCUT2D eigenvalue weighted by molar-refractivity contribution is -0.147. The van der Waals surface area contributed by atoms with Gasteiger partial charge in [-0.25, -0.2) is 0 Å². The molecule has 1 N–H and O–H groups in total. The van der Waals surface area contributed by atoms with Crippen LogP contribution in [0.15, 0.2) is 42.5 Å². The monoisotopic (exact) mass is 395 g/mol. The fourth-order valence-corrected chi connectivity index (χ4v) is 2.56. The molecule has 0 unspecified atom stereocenters. The van der Waals surface area contributed by atoms with Gasteiger partial charge in [-0.3, -0.25) is 19.7 Å². The van der Waals surface area contributed by atoms with Gasteiger partial charge in [0.1, 0.15) is 5.75 Å². The Balaban J connectivity index is 1.86. The van der Waals surface area contributed by atoms with E-state index >= 15 is 0 Å². The molecular formula is C18H15Cl2NO5. The van der Waals surface area contributed by atoms with E-state index in [0.717, 1.165) is 0 Å². The number of imide groups is 1. The summed E-state index contributed by atoms with van der Waals surface area (Å²) in [5.41, 5.74) is 0.717. The fraction of sp³-hybridized carbons (Fsp3) is 0.167. The van der Waals surface area contributed by atoms with Crippen molar-refractivity contribution < 1.29 is 23.9 Å². The number of methoxy groups -OCH3 is 1. The van der Waals surface area contributed by atoms with E-state index in [4.69, 9.17) is 32.7 Å². The highest BCUT2D eigenvalue weighted by Crippen LogP contribution is 2.21. The van der Waals surface area contributed by atoms with E-state index in [-0.39, 0.29) is 12.0 Å². The van der Waals surface area contributed by atoms with Crippen LogP contribution in [0.3, 0.4) is 0 Å². The molecule has 0 radical (unpaired) electrons. The molecule has 0 aliphatic rings. The van der Waals surface area contributed by atoms with Gasteiger partial charge in [0, 0.05) is 10.0 Å². The third-order valence-electron chi connectivity index (χ3n) is 3.32. The van der Waals surface area contributed by atoms with Gasteiger partial charge in [0.2, 0.25) is 0 Å². The van der Waals surface area contributed by atoms with Crippen LogP contribution >= 0.6 is 23.2 Å². The Bertz CT molecular complexity index is 838. The lowest BCUT2D eigenvalue weighted by Gasteiger charge is -2.09. The number of ether oxygens (including phenoxy) is 2. The van der Waals surface area contributed by atoms with Gasteiger partial charge in [0.15, 0.2) is 6.61 Å². The molecule has 0 spiro atoms. The lowest BCUT2D eigenvalue weighted by Crippen LogP contribution is -2.34. The zero-order valence-corrected chi connectivity index (χ0v) is 15.3. The Morgan fingerprint density at radius 1 is 1.08 bits per heavy atom. The average molecular weight is 396 g/mol. The first kappa shape index (κ1) is 19.8. The van der Waals surface area contributed by atoms with Crippen molar-refractivity contribution in [2.75, 3.05) is 13.7 Å². The summed E-state index contributed by atoms with van der Waals surface area (Å²) in [6.45, 7) is -0.592. The molecule has 0 bridgehead atoms. The normalized spacial score (nSPS) is 10.1. The highest BCUT2D eigenvalue weighted by atomic mass is 35.5. The molecular weight excluding hydrogens is 381 g/mol. The van der Waals surface area contributed by atoms with Crippen molar-refractivity contribution in [3.63, 3.8) is 0 Å². The number of carbonyl (C=O) groups excluding carboxylic acids is 3. The van der Waals surface area contributed by atoms with Crippen LogP contribution in [0, 0.1) is 0 Å². The van der Waals surface area contributed by atoms with Crippen molar-refractivity contribution in [3.05, 3.63) is 63.6 Å². The van der Waals surface area contributed by atoms with E-state index in [1.54, 1.807) is 30.3 Å². The number of halogens is 2. The summed E-state index contributed by atoms with van der Waals surface area (Å²) in [4.78, 5) is 35.7. The Labute approximate surface area is 160 Å². The highest BCUT2D eigenvalue weighted by Gasteiger charge is 2.16. The van der Waals surface area contributed by atoms with Crippen molar-refractivity contribution >= 4 is 41.0 Å². The van der Waals surface area contributed by atoms with Crippen molar-refractivity contribution in [1.29, 1.82) is 0 Å². The third-order valence-corrected chi connectivity index (χ3v) is 3.91. The molecule has 26 heavy (non-hydrogen) atoms. The number of benzene rings is 2. The summed E-state index contributed by atoms with van der Waals surface area (Å²) in [6, 6.07) is 11.1. The molecule has 2 aromatic rings. The van der Waals surface area contributed by atoms with Crippen LogP contribution in [-0.4, -0.2) is 31.5 Å². The third kappa shape index (κ3) is 5.47. The van der Waals surface area contributed by atoms with Gasteiger partial charge in [0.05, 0.1) is 19.1 Å². The maximum atomic E-state index is 12.1. The van der Waals surface area contributed by atoms with Gasteiger partial charge < -0.3 is 9.47 Å². The average Bonchev–Trinajstić information content (AvgIpc) is 2.62. The molecule has 8 heteroatoms. The molecule has 6 nitrogen and oxygen atoms in total. The van der Waals surface area contributed by atoms with Crippen molar-refractivity contribution in [2.24, 2.45) is 0 Å². The minimum absolute atomic E-state index is 0.121. The summed E-state index contributed by atoms with van der Waals surface area (Å²) in [6.07, 6.45) is -0.121. The van der Waals surface area contributed by atoms with Gasteiger partial charge in [0.25, 0.3) is 11.8 Å². The standard InChI is InChI=1S/C18H15Cl2NO5/c1-25-15-5-3-2-4-13(15)18(24)21-16(22)10-26-17(23)8-11-6-7-12(19)9-14(11)20/h2-7,9H,8,10H2,1H3,(H,21,22,24). The Morgan fingerprint density at radius 3 is 2.50 bits per heavy atom. The summed E-state index contributed by atoms with van der Waals surface area (Å²) in [5.74, 6) is -1.73. The van der Waals surface area contributed by atoms with E-state index in [9.17, 15) is 14.4 Å². The number of nitrogens with one attached hydrogen (secondary N) is 1. The molecule has 0 aromatic heterocycles. The largest absolute Gasteiger partial charge is 0.496 e. The number of para-hydroxylation sites is 1. The summed E-state index contributed by atoms with van der Waals surface area (Å²) < 4.78 is 9.91. The molecule has 2 aromatic carbocycles. The Morgan fingerprint density at radius 2 is 1.81 bits per heavy atom. The number of esters is 1. The van der Waals surface area contributed by atoms with Crippen LogP contribution in [-0.2, 0) is 20.7 Å². The van der Waals surface area contributed by atoms with Crippen LogP contribution in [0.5, 0.6) is 5.75 Å². The van der Waals surface area contributed by atoms with Crippen LogP contribution in [0.1, 0.15) is 15.9 Å². The first-order valence-corrected chi connectivity index (χ1v) is 8.23. The summed E-state index contributed by atoms with van der Waals surface area (Å²) >= 11 is 11.8. The van der Waals surface area contributed by atoms with Crippen LogP contribution < -0.4 is 10.1 Å². The SMILES string of the molecule is COc1ccccc1C(=O)NC(=O)COC(=O)Cc1ccc(Cl)cc1Cl. The zero-order valence-electron chi connectivity index (χ0n) is 13.8. The predicted octanol–water partition coefficient (Wildman–Crippen LogP) is 3.04. The number of amides is 2. The van der Waals surface area contributed by atoms with E-state index in [1.807, 2.05) is 0 Å². The maximum absolute atomic E-state index is 12.1. The molecule has 0 atom stereocenters. The number of carbonyl (C=O) groups is 3. The molecule has 2 amide bonds. The second-order valence-corrected chi connectivity index (χ2v) is 5.99.